The van der Waals surface area contributed by atoms with Crippen LogP contribution < -0.4 is 5.73 Å². The minimum atomic E-state index is -1.29. The molecule has 2 N–H and O–H groups in total. The van der Waals surface area contributed by atoms with Gasteiger partial charge in [0.05, 0.1) is 21.4 Å². The number of rotatable bonds is 3. The molecule has 1 aromatic heterocycles. The van der Waals surface area contributed by atoms with Crippen molar-refractivity contribution in [1.82, 2.24) is 9.97 Å². The second kappa shape index (κ2) is 5.25. The summed E-state index contributed by atoms with van der Waals surface area (Å²) >= 11 is 5.84. The molecule has 6 heteroatoms. The number of benzene rings is 1. The van der Waals surface area contributed by atoms with Crippen LogP contribution in [0.2, 0.25) is 5.02 Å². The number of aromatic nitrogens is 2. The first-order valence-corrected chi connectivity index (χ1v) is 6.56. The van der Waals surface area contributed by atoms with E-state index in [2.05, 4.69) is 9.97 Å². The molecule has 2 rings (SSSR count). The van der Waals surface area contributed by atoms with Crippen LogP contribution in [0.3, 0.4) is 0 Å². The molecule has 1 atom stereocenters. The highest BCUT2D eigenvalue weighted by Gasteiger charge is 2.10. The molecular weight excluding hydrogens is 258 g/mol. The van der Waals surface area contributed by atoms with E-state index in [0.29, 0.717) is 21.4 Å². The summed E-state index contributed by atoms with van der Waals surface area (Å²) in [5.74, 6) is 0.746. The smallest absolute Gasteiger partial charge is 0.141 e. The molecule has 4 nitrogen and oxygen atoms in total. The Labute approximate surface area is 106 Å². The first-order chi connectivity index (χ1) is 8.16. The van der Waals surface area contributed by atoms with Gasteiger partial charge in [-0.15, -0.1) is 0 Å². The molecule has 0 spiro atoms. The van der Waals surface area contributed by atoms with Crippen molar-refractivity contribution in [2.24, 2.45) is 0 Å². The topological polar surface area (TPSA) is 68.9 Å². The zero-order chi connectivity index (χ0) is 12.3. The molecule has 0 bridgehead atoms. The second-order valence-electron chi connectivity index (χ2n) is 3.34. The summed E-state index contributed by atoms with van der Waals surface area (Å²) in [7, 11) is -1.29. The minimum Gasteiger partial charge on any atom is -0.398 e. The highest BCUT2D eigenvalue weighted by molar-refractivity contribution is 7.84. The number of nitrogens with zero attached hydrogens (tertiary/aromatic N) is 2. The van der Waals surface area contributed by atoms with Gasteiger partial charge < -0.3 is 5.73 Å². The molecule has 0 saturated carbocycles. The molecule has 0 radical (unpaired) electrons. The van der Waals surface area contributed by atoms with Crippen molar-refractivity contribution in [2.45, 2.75) is 10.6 Å². The number of halogens is 1. The predicted octanol–water partition coefficient (Wildman–Crippen LogP) is 2.02. The van der Waals surface area contributed by atoms with E-state index in [4.69, 9.17) is 17.3 Å². The third-order valence-electron chi connectivity index (χ3n) is 2.10. The van der Waals surface area contributed by atoms with Gasteiger partial charge in [-0.1, -0.05) is 11.6 Å². The average molecular weight is 268 g/mol. The Kier molecular flexibility index (Phi) is 3.71. The molecule has 1 unspecified atom stereocenters. The number of hydrogen-bond acceptors (Lipinski definition) is 4. The summed E-state index contributed by atoms with van der Waals surface area (Å²) in [6.45, 7) is 0. The van der Waals surface area contributed by atoms with Crippen LogP contribution in [-0.4, -0.2) is 14.2 Å². The van der Waals surface area contributed by atoms with Gasteiger partial charge in [-0.25, -0.2) is 9.97 Å². The zero-order valence-electron chi connectivity index (χ0n) is 8.84. The van der Waals surface area contributed by atoms with Gasteiger partial charge >= 0.3 is 0 Å². The Balaban J connectivity index is 2.23. The van der Waals surface area contributed by atoms with Crippen LogP contribution in [0, 0.1) is 0 Å². The molecule has 1 aromatic carbocycles. The van der Waals surface area contributed by atoms with Crippen LogP contribution in [0.5, 0.6) is 0 Å². The van der Waals surface area contributed by atoms with Crippen molar-refractivity contribution < 1.29 is 4.21 Å². The van der Waals surface area contributed by atoms with E-state index >= 15 is 0 Å². The van der Waals surface area contributed by atoms with Gasteiger partial charge in [0.15, 0.2) is 0 Å². The summed E-state index contributed by atoms with van der Waals surface area (Å²) in [6.07, 6.45) is 3.22. The van der Waals surface area contributed by atoms with Crippen LogP contribution in [-0.2, 0) is 16.6 Å². The van der Waals surface area contributed by atoms with Crippen molar-refractivity contribution in [2.75, 3.05) is 5.73 Å². The highest BCUT2D eigenvalue weighted by atomic mass is 35.5. The Hall–Kier alpha value is -1.46. The normalized spacial score (nSPS) is 12.3. The summed E-state index contributed by atoms with van der Waals surface area (Å²) in [4.78, 5) is 8.56. The van der Waals surface area contributed by atoms with E-state index in [9.17, 15) is 4.21 Å². The van der Waals surface area contributed by atoms with Gasteiger partial charge in [-0.3, -0.25) is 4.21 Å². The Morgan fingerprint density at radius 2 is 2.00 bits per heavy atom. The number of anilines is 1. The van der Waals surface area contributed by atoms with Crippen LogP contribution in [0.25, 0.3) is 0 Å². The maximum Gasteiger partial charge on any atom is 0.141 e. The second-order valence-corrected chi connectivity index (χ2v) is 5.19. The third kappa shape index (κ3) is 3.01. The predicted molar refractivity (Wildman–Crippen MR) is 68.0 cm³/mol. The van der Waals surface area contributed by atoms with Crippen LogP contribution in [0.15, 0.2) is 41.6 Å². The third-order valence-corrected chi connectivity index (χ3v) is 3.70. The van der Waals surface area contributed by atoms with E-state index in [0.717, 1.165) is 0 Å². The molecule has 0 aliphatic carbocycles. The van der Waals surface area contributed by atoms with Gasteiger partial charge in [0.1, 0.15) is 5.82 Å². The van der Waals surface area contributed by atoms with Crippen molar-refractivity contribution in [3.63, 3.8) is 0 Å². The summed E-state index contributed by atoms with van der Waals surface area (Å²) < 4.78 is 12.1. The van der Waals surface area contributed by atoms with Crippen molar-refractivity contribution >= 4 is 28.1 Å². The van der Waals surface area contributed by atoms with E-state index < -0.39 is 10.8 Å². The molecular formula is C11H10ClN3OS. The molecule has 0 saturated heterocycles. The first-order valence-electron chi connectivity index (χ1n) is 4.86. The fraction of sp³-hybridized carbons (Fsp3) is 0.0909. The SMILES string of the molecule is Nc1ccc(Cl)cc1S(=O)Cc1ncccn1. The van der Waals surface area contributed by atoms with E-state index in [1.165, 1.54) is 0 Å². The summed E-state index contributed by atoms with van der Waals surface area (Å²) in [5.41, 5.74) is 6.21. The largest absolute Gasteiger partial charge is 0.398 e. The minimum absolute atomic E-state index is 0.228. The Morgan fingerprint density at radius 3 is 2.71 bits per heavy atom. The number of nitrogen functional groups attached to an aromatic ring is 1. The maximum atomic E-state index is 12.1. The molecule has 17 heavy (non-hydrogen) atoms. The van der Waals surface area contributed by atoms with Crippen LogP contribution in [0.1, 0.15) is 5.82 Å². The quantitative estimate of drug-likeness (QED) is 0.864. The molecule has 88 valence electrons. The lowest BCUT2D eigenvalue weighted by molar-refractivity contribution is 0.681. The van der Waals surface area contributed by atoms with Crippen molar-refractivity contribution in [3.8, 4) is 0 Å². The van der Waals surface area contributed by atoms with Gasteiger partial charge in [0.25, 0.3) is 0 Å². The monoisotopic (exact) mass is 267 g/mol. The first kappa shape index (κ1) is 12.0. The lowest BCUT2D eigenvalue weighted by Gasteiger charge is -2.05. The molecule has 1 heterocycles. The summed E-state index contributed by atoms with van der Waals surface area (Å²) in [6, 6.07) is 6.62. The van der Waals surface area contributed by atoms with Gasteiger partial charge in [0, 0.05) is 23.1 Å². The Bertz CT molecular complexity index is 548. The van der Waals surface area contributed by atoms with Crippen molar-refractivity contribution in [3.05, 3.63) is 47.5 Å². The molecule has 0 aliphatic rings. The Morgan fingerprint density at radius 1 is 1.29 bits per heavy atom. The molecule has 0 fully saturated rings. The molecule has 0 aliphatic heterocycles. The van der Waals surface area contributed by atoms with E-state index in [-0.39, 0.29) is 5.75 Å². The fourth-order valence-corrected chi connectivity index (χ4v) is 2.67. The lowest BCUT2D eigenvalue weighted by atomic mass is 10.3. The van der Waals surface area contributed by atoms with Crippen molar-refractivity contribution in [1.29, 1.82) is 0 Å². The van der Waals surface area contributed by atoms with Gasteiger partial charge in [0.2, 0.25) is 0 Å². The number of nitrogens with two attached hydrogens (primary N) is 1. The zero-order valence-corrected chi connectivity index (χ0v) is 10.4. The van der Waals surface area contributed by atoms with Crippen LogP contribution in [0.4, 0.5) is 5.69 Å². The average Bonchev–Trinajstić information content (AvgIpc) is 2.33. The molecule has 0 amide bonds. The van der Waals surface area contributed by atoms with E-state index in [1.54, 1.807) is 36.7 Å². The maximum absolute atomic E-state index is 12.1. The lowest BCUT2D eigenvalue weighted by Crippen LogP contribution is -2.03. The standard InChI is InChI=1S/C11H10ClN3OS/c12-8-2-3-9(13)10(6-8)17(16)7-11-14-4-1-5-15-11/h1-6H,7,13H2. The summed E-state index contributed by atoms with van der Waals surface area (Å²) in [5, 5.41) is 0.511. The van der Waals surface area contributed by atoms with Gasteiger partial charge in [-0.2, -0.15) is 0 Å². The van der Waals surface area contributed by atoms with Gasteiger partial charge in [-0.05, 0) is 24.3 Å². The fourth-order valence-electron chi connectivity index (χ4n) is 1.30. The highest BCUT2D eigenvalue weighted by Crippen LogP contribution is 2.22. The molecule has 2 aromatic rings. The number of hydrogen-bond donors (Lipinski definition) is 1. The van der Waals surface area contributed by atoms with Crippen LogP contribution >= 0.6 is 11.6 Å². The van der Waals surface area contributed by atoms with E-state index in [1.807, 2.05) is 0 Å².